The summed E-state index contributed by atoms with van der Waals surface area (Å²) in [5.74, 6) is -0.973. The molecule has 182 valence electrons. The van der Waals surface area contributed by atoms with Crippen LogP contribution in [0.3, 0.4) is 0 Å². The lowest BCUT2D eigenvalue weighted by atomic mass is 9.64. The van der Waals surface area contributed by atoms with E-state index in [-0.39, 0.29) is 22.9 Å². The van der Waals surface area contributed by atoms with Crippen LogP contribution < -0.4 is 5.46 Å². The van der Waals surface area contributed by atoms with Crippen molar-refractivity contribution >= 4 is 18.7 Å². The summed E-state index contributed by atoms with van der Waals surface area (Å²) in [6, 6.07) is 2.51. The fourth-order valence-electron chi connectivity index (χ4n) is 5.15. The number of rotatable bonds is 2. The molecule has 0 N–H and O–H groups in total. The fraction of sp³-hybridized carbons (Fsp3) is 0.720. The van der Waals surface area contributed by atoms with Gasteiger partial charge in [-0.3, -0.25) is 0 Å². The minimum atomic E-state index is -0.937. The summed E-state index contributed by atoms with van der Waals surface area (Å²) in [6.45, 7) is 14.5. The van der Waals surface area contributed by atoms with E-state index in [1.165, 1.54) is 12.1 Å². The van der Waals surface area contributed by atoms with Gasteiger partial charge in [0.1, 0.15) is 17.2 Å². The van der Waals surface area contributed by atoms with Crippen molar-refractivity contribution in [1.29, 1.82) is 0 Å². The van der Waals surface area contributed by atoms with Gasteiger partial charge in [0.15, 0.2) is 0 Å². The highest BCUT2D eigenvalue weighted by Gasteiger charge is 2.53. The number of hydrogen-bond acceptors (Lipinski definition) is 4. The molecule has 1 saturated carbocycles. The third-order valence-corrected chi connectivity index (χ3v) is 7.79. The molecule has 5 nitrogen and oxygen atoms in total. The van der Waals surface area contributed by atoms with Gasteiger partial charge in [-0.2, -0.15) is 0 Å². The van der Waals surface area contributed by atoms with Crippen LogP contribution in [0.4, 0.5) is 13.6 Å². The number of hydrogen-bond donors (Lipinski definition) is 0. The molecule has 0 radical (unpaired) electrons. The van der Waals surface area contributed by atoms with E-state index in [9.17, 15) is 9.18 Å². The van der Waals surface area contributed by atoms with Crippen LogP contribution in [0.5, 0.6) is 0 Å². The molecular formula is C25H36BF2NO4. The molecule has 3 aliphatic rings. The van der Waals surface area contributed by atoms with Crippen molar-refractivity contribution in [3.05, 3.63) is 29.3 Å². The molecule has 1 amide bonds. The monoisotopic (exact) mass is 463 g/mol. The van der Waals surface area contributed by atoms with Crippen molar-refractivity contribution in [2.45, 2.75) is 96.9 Å². The summed E-state index contributed by atoms with van der Waals surface area (Å²) < 4.78 is 47.6. The van der Waals surface area contributed by atoms with Crippen LogP contribution in [0.1, 0.15) is 85.6 Å². The summed E-state index contributed by atoms with van der Waals surface area (Å²) in [5.41, 5.74) is -1.18. The summed E-state index contributed by atoms with van der Waals surface area (Å²) in [7, 11) is -0.937. The summed E-state index contributed by atoms with van der Waals surface area (Å²) in [5, 5.41) is 0. The molecule has 33 heavy (non-hydrogen) atoms. The number of carbonyl (C=O) groups excluding carboxylic acids is 1. The highest BCUT2D eigenvalue weighted by atomic mass is 19.1. The third kappa shape index (κ3) is 4.65. The molecule has 0 unspecified atom stereocenters. The molecule has 2 heterocycles. The molecular weight excluding hydrogens is 427 g/mol. The van der Waals surface area contributed by atoms with Gasteiger partial charge in [0, 0.05) is 24.0 Å². The Labute approximate surface area is 196 Å². The number of benzene rings is 1. The van der Waals surface area contributed by atoms with Crippen LogP contribution in [0.15, 0.2) is 12.1 Å². The molecule has 3 fully saturated rings. The Morgan fingerprint density at radius 2 is 1.61 bits per heavy atom. The molecule has 4 rings (SSSR count). The Bertz CT molecular complexity index is 911. The first kappa shape index (κ1) is 24.5. The Balaban J connectivity index is 1.43. The summed E-state index contributed by atoms with van der Waals surface area (Å²) in [6.07, 6.45) is 2.98. The lowest BCUT2D eigenvalue weighted by Gasteiger charge is -2.53. The first-order chi connectivity index (χ1) is 15.1. The minimum Gasteiger partial charge on any atom is -0.444 e. The van der Waals surface area contributed by atoms with Crippen LogP contribution in [0, 0.1) is 17.0 Å². The Morgan fingerprint density at radius 3 is 2.12 bits per heavy atom. The van der Waals surface area contributed by atoms with Gasteiger partial charge in [0.2, 0.25) is 0 Å². The number of likely N-dealkylation sites (tertiary alicyclic amines) is 1. The van der Waals surface area contributed by atoms with Crippen molar-refractivity contribution < 1.29 is 27.6 Å². The molecule has 0 atom stereocenters. The summed E-state index contributed by atoms with van der Waals surface area (Å²) >= 11 is 0. The molecule has 2 saturated heterocycles. The highest BCUT2D eigenvalue weighted by Crippen LogP contribution is 2.49. The minimum absolute atomic E-state index is 0.0613. The van der Waals surface area contributed by atoms with Gasteiger partial charge in [-0.05, 0) is 97.8 Å². The number of halogens is 2. The maximum Gasteiger partial charge on any atom is 0.497 e. The largest absolute Gasteiger partial charge is 0.497 e. The number of nitrogens with zero attached hydrogens (tertiary/aromatic N) is 1. The third-order valence-electron chi connectivity index (χ3n) is 7.79. The Kier molecular flexibility index (Phi) is 5.89. The zero-order valence-corrected chi connectivity index (χ0v) is 20.9. The van der Waals surface area contributed by atoms with E-state index in [4.69, 9.17) is 14.0 Å². The van der Waals surface area contributed by atoms with Crippen LogP contribution in [-0.2, 0) is 14.0 Å². The van der Waals surface area contributed by atoms with E-state index < -0.39 is 35.6 Å². The maximum atomic E-state index is 15.6. The van der Waals surface area contributed by atoms with E-state index in [1.54, 1.807) is 4.90 Å². The highest BCUT2D eigenvalue weighted by molar-refractivity contribution is 6.62. The normalized spacial score (nSPS) is 24.2. The quantitative estimate of drug-likeness (QED) is 0.569. The van der Waals surface area contributed by atoms with Gasteiger partial charge in [-0.1, -0.05) is 0 Å². The van der Waals surface area contributed by atoms with Crippen molar-refractivity contribution in [2.75, 3.05) is 13.1 Å². The molecule has 0 bridgehead atoms. The average Bonchev–Trinajstić information content (AvgIpc) is 2.87. The number of ether oxygens (including phenoxy) is 1. The predicted octanol–water partition coefficient (Wildman–Crippen LogP) is 5.16. The van der Waals surface area contributed by atoms with E-state index in [1.807, 2.05) is 48.5 Å². The summed E-state index contributed by atoms with van der Waals surface area (Å²) in [4.78, 5) is 14.0. The van der Waals surface area contributed by atoms with Crippen LogP contribution in [0.2, 0.25) is 0 Å². The molecule has 8 heteroatoms. The lowest BCUT2D eigenvalue weighted by molar-refractivity contribution is -0.0507. The van der Waals surface area contributed by atoms with E-state index in [0.717, 1.165) is 25.7 Å². The first-order valence-electron chi connectivity index (χ1n) is 11.9. The second kappa shape index (κ2) is 7.94. The van der Waals surface area contributed by atoms with Crippen molar-refractivity contribution in [3.63, 3.8) is 0 Å². The second-order valence-corrected chi connectivity index (χ2v) is 12.1. The molecule has 1 aromatic carbocycles. The lowest BCUT2D eigenvalue weighted by Crippen LogP contribution is -2.60. The smallest absolute Gasteiger partial charge is 0.444 e. The molecule has 1 aromatic rings. The topological polar surface area (TPSA) is 48.0 Å². The van der Waals surface area contributed by atoms with E-state index in [0.29, 0.717) is 18.7 Å². The van der Waals surface area contributed by atoms with E-state index >= 15 is 4.39 Å². The predicted molar refractivity (Wildman–Crippen MR) is 124 cm³/mol. The van der Waals surface area contributed by atoms with Gasteiger partial charge in [-0.25, -0.2) is 13.6 Å². The second-order valence-electron chi connectivity index (χ2n) is 12.1. The van der Waals surface area contributed by atoms with Gasteiger partial charge < -0.3 is 18.9 Å². The van der Waals surface area contributed by atoms with Gasteiger partial charge in [-0.15, -0.1) is 0 Å². The number of amides is 1. The maximum absolute atomic E-state index is 15.6. The zero-order chi connectivity index (χ0) is 24.4. The van der Waals surface area contributed by atoms with E-state index in [2.05, 4.69) is 0 Å². The molecule has 1 aliphatic carbocycles. The average molecular weight is 463 g/mol. The van der Waals surface area contributed by atoms with Crippen LogP contribution in [0.25, 0.3) is 0 Å². The van der Waals surface area contributed by atoms with Crippen LogP contribution in [-0.4, -0.2) is 48.0 Å². The number of carbonyl (C=O) groups is 1. The molecule has 2 aliphatic heterocycles. The zero-order valence-electron chi connectivity index (χ0n) is 20.9. The Morgan fingerprint density at radius 1 is 1.06 bits per heavy atom. The van der Waals surface area contributed by atoms with Crippen LogP contribution >= 0.6 is 0 Å². The van der Waals surface area contributed by atoms with Crippen molar-refractivity contribution in [1.82, 2.24) is 4.90 Å². The van der Waals surface area contributed by atoms with Gasteiger partial charge in [0.25, 0.3) is 0 Å². The first-order valence-corrected chi connectivity index (χ1v) is 11.9. The SMILES string of the molecule is CC(C)(C)OC(=O)N1CC2(CCC(c3cc(F)cc(B4OC(C)(C)C(C)(C)O4)c3F)CC2)C1. The standard InChI is InChI=1S/C25H36BF2NO4/c1-22(2,3)31-21(30)29-14-25(15-29)10-8-16(9-11-25)18-12-17(27)13-19(20(18)28)26-32-23(4,5)24(6,7)33-26/h12-13,16H,8-11,14-15H2,1-7H3. The van der Waals surface area contributed by atoms with Crippen molar-refractivity contribution in [2.24, 2.45) is 5.41 Å². The van der Waals surface area contributed by atoms with Gasteiger partial charge >= 0.3 is 13.2 Å². The fourth-order valence-corrected chi connectivity index (χ4v) is 5.15. The Hall–Kier alpha value is -1.67. The van der Waals surface area contributed by atoms with Crippen molar-refractivity contribution in [3.8, 4) is 0 Å². The molecule has 1 spiro atoms. The molecule has 0 aromatic heterocycles. The van der Waals surface area contributed by atoms with Gasteiger partial charge in [0.05, 0.1) is 11.2 Å².